The van der Waals surface area contributed by atoms with Crippen LogP contribution in [0.25, 0.3) is 0 Å². The van der Waals surface area contributed by atoms with Gasteiger partial charge in [0.25, 0.3) is 0 Å². The fourth-order valence-electron chi connectivity index (χ4n) is 1.82. The van der Waals surface area contributed by atoms with Gasteiger partial charge in [0.2, 0.25) is 5.91 Å². The lowest BCUT2D eigenvalue weighted by Crippen LogP contribution is -2.13. The Morgan fingerprint density at radius 3 is 2.90 bits per heavy atom. The summed E-state index contributed by atoms with van der Waals surface area (Å²) in [6.07, 6.45) is 0.281. The van der Waals surface area contributed by atoms with Gasteiger partial charge in [0.05, 0.1) is 16.4 Å². The van der Waals surface area contributed by atoms with Gasteiger partial charge < -0.3 is 11.1 Å². The molecule has 2 rings (SSSR count). The topological polar surface area (TPSA) is 72.9 Å². The van der Waals surface area contributed by atoms with Crippen LogP contribution in [0.1, 0.15) is 12.1 Å². The number of nitrogens with one attached hydrogen (secondary N) is 1. The maximum absolute atomic E-state index is 13.5. The molecule has 1 amide bonds. The molecule has 21 heavy (non-hydrogen) atoms. The minimum atomic E-state index is -0.493. The first-order chi connectivity index (χ1) is 9.95. The smallest absolute Gasteiger partial charge is 0.225 e. The van der Waals surface area contributed by atoms with Crippen molar-refractivity contribution >= 4 is 29.0 Å². The van der Waals surface area contributed by atoms with Gasteiger partial charge in [-0.2, -0.15) is 5.10 Å². The van der Waals surface area contributed by atoms with E-state index in [1.165, 1.54) is 30.0 Å². The van der Waals surface area contributed by atoms with Crippen molar-refractivity contribution < 1.29 is 9.18 Å². The van der Waals surface area contributed by atoms with Crippen molar-refractivity contribution in [2.45, 2.75) is 18.4 Å². The average Bonchev–Trinajstić information content (AvgIpc) is 2.72. The fourth-order valence-corrected chi connectivity index (χ4v) is 2.80. The fraction of sp³-hybridized carbons (Fsp3) is 0.286. The number of thioether (sulfide) groups is 1. The summed E-state index contributed by atoms with van der Waals surface area (Å²) in [5.41, 5.74) is 7.02. The molecule has 0 fully saturated rings. The predicted molar refractivity (Wildman–Crippen MR) is 82.7 cm³/mol. The normalized spacial score (nSPS) is 10.6. The predicted octanol–water partition coefficient (Wildman–Crippen LogP) is 2.57. The Kier molecular flexibility index (Phi) is 4.85. The van der Waals surface area contributed by atoms with Gasteiger partial charge in [-0.3, -0.25) is 9.48 Å². The first-order valence-electron chi connectivity index (χ1n) is 6.44. The molecule has 112 valence electrons. The van der Waals surface area contributed by atoms with Crippen LogP contribution in [-0.4, -0.2) is 21.4 Å². The number of amides is 1. The van der Waals surface area contributed by atoms with Gasteiger partial charge in [-0.25, -0.2) is 4.39 Å². The molecule has 0 bridgehead atoms. The van der Waals surface area contributed by atoms with E-state index in [0.29, 0.717) is 11.4 Å². The highest BCUT2D eigenvalue weighted by Crippen LogP contribution is 2.20. The van der Waals surface area contributed by atoms with E-state index < -0.39 is 5.82 Å². The minimum absolute atomic E-state index is 0.112. The van der Waals surface area contributed by atoms with Crippen molar-refractivity contribution in [2.75, 3.05) is 16.8 Å². The third-order valence-corrected chi connectivity index (χ3v) is 3.89. The molecule has 0 aliphatic carbocycles. The van der Waals surface area contributed by atoms with Crippen LogP contribution in [-0.2, 0) is 11.8 Å². The van der Waals surface area contributed by atoms with Crippen LogP contribution < -0.4 is 11.1 Å². The first kappa shape index (κ1) is 15.4. The molecule has 1 aromatic heterocycles. The summed E-state index contributed by atoms with van der Waals surface area (Å²) >= 11 is 1.54. The van der Waals surface area contributed by atoms with Gasteiger partial charge in [0.15, 0.2) is 0 Å². The van der Waals surface area contributed by atoms with Crippen molar-refractivity contribution in [3.63, 3.8) is 0 Å². The second-order valence-corrected chi connectivity index (χ2v) is 5.75. The number of aryl methyl sites for hydroxylation is 2. The summed E-state index contributed by atoms with van der Waals surface area (Å²) in [6.45, 7) is 1.92. The maximum atomic E-state index is 13.5. The third-order valence-electron chi connectivity index (χ3n) is 2.80. The van der Waals surface area contributed by atoms with E-state index in [4.69, 9.17) is 5.73 Å². The summed E-state index contributed by atoms with van der Waals surface area (Å²) in [5, 5.41) is 7.75. The average molecular weight is 308 g/mol. The quantitative estimate of drug-likeness (QED) is 0.658. The zero-order valence-corrected chi connectivity index (χ0v) is 12.7. The highest BCUT2D eigenvalue weighted by atomic mass is 32.2. The van der Waals surface area contributed by atoms with Crippen molar-refractivity contribution in [2.24, 2.45) is 7.05 Å². The van der Waals surface area contributed by atoms with E-state index in [9.17, 15) is 9.18 Å². The zero-order valence-electron chi connectivity index (χ0n) is 11.9. The molecule has 0 saturated heterocycles. The van der Waals surface area contributed by atoms with Gasteiger partial charge in [0.1, 0.15) is 5.82 Å². The van der Waals surface area contributed by atoms with Gasteiger partial charge in [-0.1, -0.05) is 0 Å². The summed E-state index contributed by atoms with van der Waals surface area (Å²) in [6, 6.07) is 6.05. The van der Waals surface area contributed by atoms with Crippen molar-refractivity contribution in [3.8, 4) is 0 Å². The molecular weight excluding hydrogens is 291 g/mol. The number of halogens is 1. The molecule has 0 aliphatic heterocycles. The van der Waals surface area contributed by atoms with Crippen LogP contribution in [0.5, 0.6) is 0 Å². The molecule has 1 heterocycles. The number of hydrogen-bond acceptors (Lipinski definition) is 4. The van der Waals surface area contributed by atoms with E-state index in [2.05, 4.69) is 10.4 Å². The number of anilines is 2. The largest absolute Gasteiger partial charge is 0.399 e. The number of benzene rings is 1. The molecule has 0 atom stereocenters. The van der Waals surface area contributed by atoms with Crippen LogP contribution in [0.2, 0.25) is 0 Å². The third kappa shape index (κ3) is 4.22. The number of hydrogen-bond donors (Lipinski definition) is 2. The van der Waals surface area contributed by atoms with Crippen LogP contribution in [0, 0.1) is 12.7 Å². The lowest BCUT2D eigenvalue weighted by atomic mass is 10.2. The Bertz CT molecular complexity index is 656. The van der Waals surface area contributed by atoms with Crippen LogP contribution in [0.15, 0.2) is 29.3 Å². The molecule has 3 N–H and O–H groups in total. The van der Waals surface area contributed by atoms with Crippen LogP contribution >= 0.6 is 11.8 Å². The van der Waals surface area contributed by atoms with E-state index in [1.807, 2.05) is 20.0 Å². The Labute approximate surface area is 126 Å². The number of nitrogens with zero attached hydrogens (tertiary/aromatic N) is 2. The number of aromatic nitrogens is 2. The minimum Gasteiger partial charge on any atom is -0.399 e. The molecule has 2 aromatic rings. The highest BCUT2D eigenvalue weighted by Gasteiger charge is 2.09. The number of carbonyl (C=O) groups is 1. The van der Waals surface area contributed by atoms with Gasteiger partial charge >= 0.3 is 0 Å². The Morgan fingerprint density at radius 2 is 2.24 bits per heavy atom. The summed E-state index contributed by atoms with van der Waals surface area (Å²) in [4.78, 5) is 11.8. The standard InChI is InChI=1S/C14H17FN4OS/c1-9-7-14(19(2)18-9)21-6-5-13(20)17-12-8-10(16)3-4-11(12)15/h3-4,7-8H,5-6,16H2,1-2H3,(H,17,20). The first-order valence-corrected chi connectivity index (χ1v) is 7.42. The lowest BCUT2D eigenvalue weighted by Gasteiger charge is -2.07. The second kappa shape index (κ2) is 6.62. The second-order valence-electron chi connectivity index (χ2n) is 4.63. The summed E-state index contributed by atoms with van der Waals surface area (Å²) in [5.74, 6) is -0.146. The zero-order chi connectivity index (χ0) is 15.4. The molecule has 0 unspecified atom stereocenters. The molecule has 0 saturated carbocycles. The maximum Gasteiger partial charge on any atom is 0.225 e. The molecule has 0 radical (unpaired) electrons. The Hall–Kier alpha value is -2.02. The number of nitrogen functional groups attached to an aromatic ring is 1. The van der Waals surface area contributed by atoms with Gasteiger partial charge in [-0.05, 0) is 31.2 Å². The molecule has 5 nitrogen and oxygen atoms in total. The molecule has 7 heteroatoms. The van der Waals surface area contributed by atoms with Crippen molar-refractivity contribution in [1.82, 2.24) is 9.78 Å². The van der Waals surface area contributed by atoms with Crippen LogP contribution in [0.4, 0.5) is 15.8 Å². The molecule has 0 aliphatic rings. The molecule has 1 aromatic carbocycles. The van der Waals surface area contributed by atoms with Gasteiger partial charge in [0, 0.05) is 24.9 Å². The number of nitrogens with two attached hydrogens (primary N) is 1. The number of rotatable bonds is 5. The van der Waals surface area contributed by atoms with Gasteiger partial charge in [-0.15, -0.1) is 11.8 Å². The Balaban J connectivity index is 1.85. The lowest BCUT2D eigenvalue weighted by molar-refractivity contribution is -0.115. The molecular formula is C14H17FN4OS. The SMILES string of the molecule is Cc1cc(SCCC(=O)Nc2cc(N)ccc2F)n(C)n1. The van der Waals surface area contributed by atoms with E-state index >= 15 is 0 Å². The highest BCUT2D eigenvalue weighted by molar-refractivity contribution is 7.99. The summed E-state index contributed by atoms with van der Waals surface area (Å²) < 4.78 is 15.3. The van der Waals surface area contributed by atoms with E-state index in [1.54, 1.807) is 4.68 Å². The van der Waals surface area contributed by atoms with Crippen LogP contribution in [0.3, 0.4) is 0 Å². The van der Waals surface area contributed by atoms with Crippen molar-refractivity contribution in [3.05, 3.63) is 35.8 Å². The summed E-state index contributed by atoms with van der Waals surface area (Å²) in [7, 11) is 1.86. The van der Waals surface area contributed by atoms with E-state index in [-0.39, 0.29) is 18.0 Å². The van der Waals surface area contributed by atoms with E-state index in [0.717, 1.165) is 10.7 Å². The number of carbonyl (C=O) groups excluding carboxylic acids is 1. The molecule has 0 spiro atoms. The van der Waals surface area contributed by atoms with Crippen molar-refractivity contribution in [1.29, 1.82) is 0 Å². The Morgan fingerprint density at radius 1 is 1.48 bits per heavy atom. The monoisotopic (exact) mass is 308 g/mol.